The van der Waals surface area contributed by atoms with Crippen LogP contribution in [0, 0.1) is 11.8 Å². The Bertz CT molecular complexity index is 186. The third-order valence-corrected chi connectivity index (χ3v) is 2.91. The molecule has 1 aliphatic heterocycles. The maximum atomic E-state index is 11.8. The second kappa shape index (κ2) is 5.47. The summed E-state index contributed by atoms with van der Waals surface area (Å²) >= 11 is 0. The van der Waals surface area contributed by atoms with Crippen LogP contribution in [0.5, 0.6) is 0 Å². The van der Waals surface area contributed by atoms with Crippen molar-refractivity contribution in [1.29, 1.82) is 0 Å². The highest BCUT2D eigenvalue weighted by atomic mass is 16.5. The number of rotatable bonds is 4. The van der Waals surface area contributed by atoms with E-state index in [9.17, 15) is 4.79 Å². The van der Waals surface area contributed by atoms with E-state index in [4.69, 9.17) is 10.5 Å². The van der Waals surface area contributed by atoms with Crippen molar-refractivity contribution in [2.24, 2.45) is 17.6 Å². The zero-order chi connectivity index (χ0) is 10.6. The van der Waals surface area contributed by atoms with Gasteiger partial charge in [0.25, 0.3) is 0 Å². The molecule has 0 aromatic heterocycles. The third kappa shape index (κ3) is 3.39. The lowest BCUT2D eigenvalue weighted by molar-refractivity contribution is -0.127. The molecule has 1 aliphatic rings. The largest absolute Gasteiger partial charge is 0.381 e. The molecule has 1 rings (SSSR count). The molecule has 1 saturated heterocycles. The number of carbonyl (C=O) groups excluding carboxylic acids is 1. The monoisotopic (exact) mass is 199 g/mol. The van der Waals surface area contributed by atoms with E-state index in [-0.39, 0.29) is 17.7 Å². The number of hydrogen-bond donors (Lipinski definition) is 1. The summed E-state index contributed by atoms with van der Waals surface area (Å²) in [4.78, 5) is 11.8. The minimum Gasteiger partial charge on any atom is -0.381 e. The van der Waals surface area contributed by atoms with Crippen LogP contribution < -0.4 is 5.73 Å². The molecule has 0 spiro atoms. The van der Waals surface area contributed by atoms with E-state index >= 15 is 0 Å². The standard InChI is InChI=1S/C11H21NO2/c1-8(2)10(12)6-11(13)9-4-3-5-14-7-9/h8-10H,3-7,12H2,1-2H3. The van der Waals surface area contributed by atoms with Gasteiger partial charge in [-0.15, -0.1) is 0 Å². The highest BCUT2D eigenvalue weighted by Gasteiger charge is 2.23. The molecule has 2 N–H and O–H groups in total. The van der Waals surface area contributed by atoms with Gasteiger partial charge in [0.1, 0.15) is 5.78 Å². The molecule has 0 saturated carbocycles. The second-order valence-electron chi connectivity index (χ2n) is 4.49. The Hall–Kier alpha value is -0.410. The quantitative estimate of drug-likeness (QED) is 0.743. The molecule has 0 aromatic rings. The molecule has 3 heteroatoms. The first-order valence-electron chi connectivity index (χ1n) is 5.47. The summed E-state index contributed by atoms with van der Waals surface area (Å²) < 4.78 is 5.28. The van der Waals surface area contributed by atoms with Gasteiger partial charge in [-0.2, -0.15) is 0 Å². The topological polar surface area (TPSA) is 52.3 Å². The first kappa shape index (κ1) is 11.7. The molecule has 14 heavy (non-hydrogen) atoms. The van der Waals surface area contributed by atoms with Crippen LogP contribution in [0.15, 0.2) is 0 Å². The van der Waals surface area contributed by atoms with Crippen LogP contribution in [0.1, 0.15) is 33.1 Å². The maximum absolute atomic E-state index is 11.8. The van der Waals surface area contributed by atoms with Crippen molar-refractivity contribution in [2.45, 2.75) is 39.2 Å². The van der Waals surface area contributed by atoms with Crippen LogP contribution in [0.25, 0.3) is 0 Å². The lowest BCUT2D eigenvalue weighted by atomic mass is 9.90. The normalized spacial score (nSPS) is 25.0. The van der Waals surface area contributed by atoms with Gasteiger partial charge in [-0.1, -0.05) is 13.8 Å². The Balaban J connectivity index is 2.33. The number of nitrogens with two attached hydrogens (primary N) is 1. The lowest BCUT2D eigenvalue weighted by Crippen LogP contribution is -2.34. The van der Waals surface area contributed by atoms with Gasteiger partial charge < -0.3 is 10.5 Å². The summed E-state index contributed by atoms with van der Waals surface area (Å²) in [5.74, 6) is 0.767. The number of Topliss-reactive ketones (excluding diaryl/α,β-unsaturated/α-hetero) is 1. The van der Waals surface area contributed by atoms with Gasteiger partial charge in [-0.25, -0.2) is 0 Å². The van der Waals surface area contributed by atoms with Gasteiger partial charge >= 0.3 is 0 Å². The van der Waals surface area contributed by atoms with Crippen LogP contribution in [-0.4, -0.2) is 25.0 Å². The van der Waals surface area contributed by atoms with E-state index in [0.29, 0.717) is 18.9 Å². The Morgan fingerprint density at radius 3 is 2.79 bits per heavy atom. The summed E-state index contributed by atoms with van der Waals surface area (Å²) in [5.41, 5.74) is 5.86. The third-order valence-electron chi connectivity index (χ3n) is 2.91. The molecule has 0 aliphatic carbocycles. The average Bonchev–Trinajstić information content (AvgIpc) is 2.19. The zero-order valence-electron chi connectivity index (χ0n) is 9.16. The van der Waals surface area contributed by atoms with Crippen molar-refractivity contribution >= 4 is 5.78 Å². The molecule has 1 heterocycles. The highest BCUT2D eigenvalue weighted by Crippen LogP contribution is 2.17. The molecule has 82 valence electrons. The fraction of sp³-hybridized carbons (Fsp3) is 0.909. The van der Waals surface area contributed by atoms with Gasteiger partial charge in [-0.3, -0.25) is 4.79 Å². The fourth-order valence-electron chi connectivity index (χ4n) is 1.63. The SMILES string of the molecule is CC(C)C(N)CC(=O)C1CCCOC1. The molecular weight excluding hydrogens is 178 g/mol. The minimum atomic E-state index is 0.00410. The Labute approximate surface area is 86.0 Å². The predicted octanol–water partition coefficient (Wildman–Crippen LogP) is 1.36. The predicted molar refractivity (Wildman–Crippen MR) is 56.0 cm³/mol. The van der Waals surface area contributed by atoms with Gasteiger partial charge in [0.15, 0.2) is 0 Å². The summed E-state index contributed by atoms with van der Waals surface area (Å²) in [5, 5.41) is 0. The lowest BCUT2D eigenvalue weighted by Gasteiger charge is -2.23. The van der Waals surface area contributed by atoms with Gasteiger partial charge in [-0.05, 0) is 18.8 Å². The van der Waals surface area contributed by atoms with E-state index in [1.165, 1.54) is 0 Å². The van der Waals surface area contributed by atoms with Crippen molar-refractivity contribution in [3.8, 4) is 0 Å². The Morgan fingerprint density at radius 2 is 2.29 bits per heavy atom. The molecule has 0 amide bonds. The highest BCUT2D eigenvalue weighted by molar-refractivity contribution is 5.81. The molecule has 3 nitrogen and oxygen atoms in total. The van der Waals surface area contributed by atoms with Crippen molar-refractivity contribution in [3.63, 3.8) is 0 Å². The van der Waals surface area contributed by atoms with E-state index < -0.39 is 0 Å². The van der Waals surface area contributed by atoms with Crippen LogP contribution in [0.2, 0.25) is 0 Å². The first-order chi connectivity index (χ1) is 6.61. The summed E-state index contributed by atoms with van der Waals surface area (Å²) in [7, 11) is 0. The van der Waals surface area contributed by atoms with Crippen LogP contribution in [-0.2, 0) is 9.53 Å². The molecule has 2 atom stereocenters. The Morgan fingerprint density at radius 1 is 1.57 bits per heavy atom. The summed E-state index contributed by atoms with van der Waals surface area (Å²) in [6.07, 6.45) is 2.49. The average molecular weight is 199 g/mol. The Kier molecular flexibility index (Phi) is 4.55. The molecule has 0 aromatic carbocycles. The zero-order valence-corrected chi connectivity index (χ0v) is 9.16. The van der Waals surface area contributed by atoms with E-state index in [1.807, 2.05) is 0 Å². The molecule has 1 fully saturated rings. The van der Waals surface area contributed by atoms with Gasteiger partial charge in [0.2, 0.25) is 0 Å². The van der Waals surface area contributed by atoms with Crippen LogP contribution in [0.4, 0.5) is 0 Å². The van der Waals surface area contributed by atoms with E-state index in [2.05, 4.69) is 13.8 Å². The smallest absolute Gasteiger partial charge is 0.139 e. The van der Waals surface area contributed by atoms with Gasteiger partial charge in [0.05, 0.1) is 6.61 Å². The fourth-order valence-corrected chi connectivity index (χ4v) is 1.63. The number of ether oxygens (including phenoxy) is 1. The van der Waals surface area contributed by atoms with Crippen molar-refractivity contribution in [2.75, 3.05) is 13.2 Å². The van der Waals surface area contributed by atoms with E-state index in [0.717, 1.165) is 19.4 Å². The van der Waals surface area contributed by atoms with Crippen LogP contribution >= 0.6 is 0 Å². The van der Waals surface area contributed by atoms with Gasteiger partial charge in [0, 0.05) is 25.0 Å². The minimum absolute atomic E-state index is 0.00410. The molecule has 0 radical (unpaired) electrons. The maximum Gasteiger partial charge on any atom is 0.139 e. The molecule has 2 unspecified atom stereocenters. The number of hydrogen-bond acceptors (Lipinski definition) is 3. The number of ketones is 1. The van der Waals surface area contributed by atoms with Crippen molar-refractivity contribution < 1.29 is 9.53 Å². The molecule has 0 bridgehead atoms. The summed E-state index contributed by atoms with van der Waals surface area (Å²) in [6.45, 7) is 5.51. The van der Waals surface area contributed by atoms with Crippen LogP contribution in [0.3, 0.4) is 0 Å². The van der Waals surface area contributed by atoms with E-state index in [1.54, 1.807) is 0 Å². The number of carbonyl (C=O) groups is 1. The summed E-state index contributed by atoms with van der Waals surface area (Å²) in [6, 6.07) is 0.00410. The second-order valence-corrected chi connectivity index (χ2v) is 4.49. The van der Waals surface area contributed by atoms with Crippen molar-refractivity contribution in [1.82, 2.24) is 0 Å². The van der Waals surface area contributed by atoms with Crippen molar-refractivity contribution in [3.05, 3.63) is 0 Å². The first-order valence-corrected chi connectivity index (χ1v) is 5.47. The molecular formula is C11H21NO2.